The van der Waals surface area contributed by atoms with E-state index in [1.54, 1.807) is 25.3 Å². The third-order valence-electron chi connectivity index (χ3n) is 3.35. The number of thiocarbonyl (C=S) groups is 1. The quantitative estimate of drug-likeness (QED) is 0.807. The highest BCUT2D eigenvalue weighted by molar-refractivity contribution is 7.80. The van der Waals surface area contributed by atoms with Crippen molar-refractivity contribution in [1.82, 2.24) is 5.32 Å². The maximum Gasteiger partial charge on any atom is 0.171 e. The van der Waals surface area contributed by atoms with Crippen molar-refractivity contribution in [3.63, 3.8) is 0 Å². The Morgan fingerprint density at radius 3 is 2.45 bits per heavy atom. The van der Waals surface area contributed by atoms with Crippen LogP contribution in [-0.2, 0) is 0 Å². The summed E-state index contributed by atoms with van der Waals surface area (Å²) in [6.07, 6.45) is 0.853. The molecular weight excluding hydrogens is 299 g/mol. The van der Waals surface area contributed by atoms with Gasteiger partial charge in [-0.2, -0.15) is 0 Å². The maximum atomic E-state index is 13.6. The SMILES string of the molecule is CCC(NC(=S)Nc1ccccc1F)c1ccc(OC)cc1. The van der Waals surface area contributed by atoms with Crippen LogP contribution in [0.25, 0.3) is 0 Å². The highest BCUT2D eigenvalue weighted by Crippen LogP contribution is 2.20. The lowest BCUT2D eigenvalue weighted by atomic mass is 10.0. The average Bonchev–Trinajstić information content (AvgIpc) is 2.55. The van der Waals surface area contributed by atoms with Crippen molar-refractivity contribution < 1.29 is 9.13 Å². The Hall–Kier alpha value is -2.14. The predicted octanol–water partition coefficient (Wildman–Crippen LogP) is 4.27. The highest BCUT2D eigenvalue weighted by Gasteiger charge is 2.11. The van der Waals surface area contributed by atoms with E-state index in [0.29, 0.717) is 10.8 Å². The van der Waals surface area contributed by atoms with Crippen molar-refractivity contribution in [2.45, 2.75) is 19.4 Å². The summed E-state index contributed by atoms with van der Waals surface area (Å²) in [6.45, 7) is 2.06. The van der Waals surface area contributed by atoms with Gasteiger partial charge in [0.05, 0.1) is 18.8 Å². The molecule has 0 fully saturated rings. The Morgan fingerprint density at radius 1 is 1.18 bits per heavy atom. The first-order chi connectivity index (χ1) is 10.6. The van der Waals surface area contributed by atoms with Gasteiger partial charge in [0.1, 0.15) is 11.6 Å². The molecular formula is C17H19FN2OS. The molecule has 0 aliphatic carbocycles. The van der Waals surface area contributed by atoms with E-state index < -0.39 is 0 Å². The molecule has 5 heteroatoms. The van der Waals surface area contributed by atoms with Crippen molar-refractivity contribution in [2.24, 2.45) is 0 Å². The topological polar surface area (TPSA) is 33.3 Å². The van der Waals surface area contributed by atoms with E-state index in [1.165, 1.54) is 6.07 Å². The van der Waals surface area contributed by atoms with Crippen LogP contribution in [0.3, 0.4) is 0 Å². The molecule has 0 amide bonds. The van der Waals surface area contributed by atoms with Gasteiger partial charge in [0.2, 0.25) is 0 Å². The number of ether oxygens (including phenoxy) is 1. The van der Waals surface area contributed by atoms with Gasteiger partial charge in [0.15, 0.2) is 5.11 Å². The molecule has 1 atom stereocenters. The zero-order valence-corrected chi connectivity index (χ0v) is 13.4. The van der Waals surface area contributed by atoms with Crippen LogP contribution >= 0.6 is 12.2 Å². The van der Waals surface area contributed by atoms with E-state index in [1.807, 2.05) is 24.3 Å². The first kappa shape index (κ1) is 16.2. The molecule has 2 rings (SSSR count). The molecule has 0 bridgehead atoms. The number of hydrogen-bond donors (Lipinski definition) is 2. The molecule has 2 aromatic carbocycles. The minimum absolute atomic E-state index is 0.0534. The van der Waals surface area contributed by atoms with Crippen molar-refractivity contribution in [3.8, 4) is 5.75 Å². The molecule has 0 aliphatic rings. The van der Waals surface area contributed by atoms with Crippen molar-refractivity contribution in [3.05, 3.63) is 59.9 Å². The molecule has 2 N–H and O–H groups in total. The van der Waals surface area contributed by atoms with Gasteiger partial charge < -0.3 is 15.4 Å². The van der Waals surface area contributed by atoms with Crippen molar-refractivity contribution >= 4 is 23.0 Å². The number of halogens is 1. The van der Waals surface area contributed by atoms with Crippen LogP contribution in [0.5, 0.6) is 5.75 Å². The van der Waals surface area contributed by atoms with Crippen LogP contribution in [0, 0.1) is 5.82 Å². The molecule has 2 aromatic rings. The zero-order valence-electron chi connectivity index (χ0n) is 12.6. The number of anilines is 1. The molecule has 116 valence electrons. The molecule has 3 nitrogen and oxygen atoms in total. The van der Waals surface area contributed by atoms with Crippen LogP contribution in [-0.4, -0.2) is 12.2 Å². The van der Waals surface area contributed by atoms with Crippen LogP contribution in [0.2, 0.25) is 0 Å². The largest absolute Gasteiger partial charge is 0.497 e. The number of benzene rings is 2. The molecule has 0 saturated carbocycles. The van der Waals surface area contributed by atoms with Crippen LogP contribution in [0.15, 0.2) is 48.5 Å². The maximum absolute atomic E-state index is 13.6. The lowest BCUT2D eigenvalue weighted by Crippen LogP contribution is -2.32. The summed E-state index contributed by atoms with van der Waals surface area (Å²) in [5.41, 5.74) is 1.46. The standard InChI is InChI=1S/C17H19FN2OS/c1-3-15(12-8-10-13(21-2)11-9-12)19-17(22)20-16-7-5-4-6-14(16)18/h4-11,15H,3H2,1-2H3,(H2,19,20,22). The number of rotatable bonds is 5. The molecule has 0 heterocycles. The van der Waals surface area contributed by atoms with Gasteiger partial charge in [0.25, 0.3) is 0 Å². The summed E-state index contributed by atoms with van der Waals surface area (Å²) < 4.78 is 18.8. The van der Waals surface area contributed by atoms with Gasteiger partial charge in [-0.1, -0.05) is 31.2 Å². The fourth-order valence-electron chi connectivity index (χ4n) is 2.14. The average molecular weight is 318 g/mol. The van der Waals surface area contributed by atoms with Crippen molar-refractivity contribution in [1.29, 1.82) is 0 Å². The van der Waals surface area contributed by atoms with E-state index in [9.17, 15) is 4.39 Å². The summed E-state index contributed by atoms with van der Waals surface area (Å²) in [4.78, 5) is 0. The molecule has 0 aliphatic heterocycles. The second-order valence-electron chi connectivity index (χ2n) is 4.81. The molecule has 0 spiro atoms. The molecule has 1 unspecified atom stereocenters. The van der Waals surface area contributed by atoms with Crippen molar-refractivity contribution in [2.75, 3.05) is 12.4 Å². The molecule has 0 radical (unpaired) electrons. The fourth-order valence-corrected chi connectivity index (χ4v) is 2.39. The summed E-state index contributed by atoms with van der Waals surface area (Å²) in [7, 11) is 1.64. The lowest BCUT2D eigenvalue weighted by Gasteiger charge is -2.20. The monoisotopic (exact) mass is 318 g/mol. The molecule has 0 aromatic heterocycles. The first-order valence-corrected chi connectivity index (χ1v) is 7.51. The van der Waals surface area contributed by atoms with E-state index >= 15 is 0 Å². The van der Waals surface area contributed by atoms with Gasteiger partial charge >= 0.3 is 0 Å². The normalized spacial score (nSPS) is 11.6. The number of hydrogen-bond acceptors (Lipinski definition) is 2. The Kier molecular flexibility index (Phi) is 5.72. The molecule has 0 saturated heterocycles. The van der Waals surface area contributed by atoms with Crippen LogP contribution in [0.4, 0.5) is 10.1 Å². The third kappa shape index (κ3) is 4.18. The zero-order chi connectivity index (χ0) is 15.9. The first-order valence-electron chi connectivity index (χ1n) is 7.10. The van der Waals surface area contributed by atoms with Gasteiger partial charge in [-0.25, -0.2) is 4.39 Å². The summed E-state index contributed by atoms with van der Waals surface area (Å²) in [5, 5.41) is 6.49. The Morgan fingerprint density at radius 2 is 1.86 bits per heavy atom. The number of nitrogens with one attached hydrogen (secondary N) is 2. The van der Waals surface area contributed by atoms with Gasteiger partial charge in [-0.05, 0) is 48.5 Å². The van der Waals surface area contributed by atoms with E-state index in [4.69, 9.17) is 17.0 Å². The Balaban J connectivity index is 2.03. The lowest BCUT2D eigenvalue weighted by molar-refractivity contribution is 0.414. The van der Waals surface area contributed by atoms with Gasteiger partial charge in [-0.3, -0.25) is 0 Å². The fraction of sp³-hybridized carbons (Fsp3) is 0.235. The summed E-state index contributed by atoms with van der Waals surface area (Å²) >= 11 is 5.27. The smallest absolute Gasteiger partial charge is 0.171 e. The number of methoxy groups -OCH3 is 1. The minimum Gasteiger partial charge on any atom is -0.497 e. The predicted molar refractivity (Wildman–Crippen MR) is 91.8 cm³/mol. The second-order valence-corrected chi connectivity index (χ2v) is 5.22. The number of para-hydroxylation sites is 1. The summed E-state index contributed by atoms with van der Waals surface area (Å²) in [6, 6.07) is 14.3. The minimum atomic E-state index is -0.329. The van der Waals surface area contributed by atoms with Crippen LogP contribution < -0.4 is 15.4 Å². The van der Waals surface area contributed by atoms with Gasteiger partial charge in [0, 0.05) is 0 Å². The second kappa shape index (κ2) is 7.75. The summed E-state index contributed by atoms with van der Waals surface area (Å²) in [5.74, 6) is 0.481. The Bertz CT molecular complexity index is 631. The third-order valence-corrected chi connectivity index (χ3v) is 3.57. The Labute approximate surface area is 135 Å². The van der Waals surface area contributed by atoms with E-state index in [2.05, 4.69) is 17.6 Å². The van der Waals surface area contributed by atoms with Crippen LogP contribution in [0.1, 0.15) is 24.9 Å². The van der Waals surface area contributed by atoms with Gasteiger partial charge in [-0.15, -0.1) is 0 Å². The van der Waals surface area contributed by atoms with E-state index in [-0.39, 0.29) is 11.9 Å². The molecule has 22 heavy (non-hydrogen) atoms. The highest BCUT2D eigenvalue weighted by atomic mass is 32.1. The van der Waals surface area contributed by atoms with E-state index in [0.717, 1.165) is 17.7 Å².